The Kier molecular flexibility index (Phi) is 6.85. The lowest BCUT2D eigenvalue weighted by Crippen LogP contribution is -2.44. The molecule has 0 radical (unpaired) electrons. The first-order chi connectivity index (χ1) is 15.6. The predicted octanol–water partition coefficient (Wildman–Crippen LogP) is 4.25. The van der Waals surface area contributed by atoms with E-state index in [1.807, 2.05) is 71.9 Å². The number of hydrogen-bond acceptors (Lipinski definition) is 5. The number of likely N-dealkylation sites (tertiary alicyclic amines) is 1. The van der Waals surface area contributed by atoms with E-state index < -0.39 is 0 Å². The fraction of sp³-hybridized carbons (Fsp3) is 0.320. The van der Waals surface area contributed by atoms with Gasteiger partial charge in [0, 0.05) is 32.3 Å². The second kappa shape index (κ2) is 9.96. The molecule has 1 saturated heterocycles. The fourth-order valence-electron chi connectivity index (χ4n) is 4.24. The number of ether oxygens (including phenoxy) is 1. The number of carbonyl (C=O) groups excluding carboxylic acids is 2. The van der Waals surface area contributed by atoms with Crippen LogP contribution >= 0.6 is 11.3 Å². The van der Waals surface area contributed by atoms with Crippen LogP contribution in [0.3, 0.4) is 0 Å². The number of benzene rings is 1. The van der Waals surface area contributed by atoms with Crippen LogP contribution in [-0.4, -0.2) is 53.8 Å². The van der Waals surface area contributed by atoms with Gasteiger partial charge in [0.15, 0.2) is 0 Å². The number of hydrogen-bond donors (Lipinski definition) is 0. The van der Waals surface area contributed by atoms with E-state index in [0.717, 1.165) is 21.9 Å². The number of thiophene rings is 1. The smallest absolute Gasteiger partial charge is 0.263 e. The molecule has 7 heteroatoms. The van der Waals surface area contributed by atoms with Gasteiger partial charge in [0.05, 0.1) is 23.7 Å². The minimum atomic E-state index is -0.315. The molecule has 0 aliphatic carbocycles. The van der Waals surface area contributed by atoms with Gasteiger partial charge in [0.2, 0.25) is 5.91 Å². The highest BCUT2D eigenvalue weighted by atomic mass is 32.1. The number of amides is 2. The molecule has 2 aromatic heterocycles. The highest BCUT2D eigenvalue weighted by molar-refractivity contribution is 7.12. The Bertz CT molecular complexity index is 1050. The van der Waals surface area contributed by atoms with Crippen molar-refractivity contribution < 1.29 is 14.3 Å². The normalized spacial score (nSPS) is 15.2. The maximum absolute atomic E-state index is 13.5. The molecule has 1 aliphatic heterocycles. The number of piperidine rings is 1. The number of carbonyl (C=O) groups is 2. The predicted molar refractivity (Wildman–Crippen MR) is 125 cm³/mol. The minimum Gasteiger partial charge on any atom is -0.497 e. The van der Waals surface area contributed by atoms with E-state index in [4.69, 9.17) is 4.74 Å². The van der Waals surface area contributed by atoms with Crippen molar-refractivity contribution in [3.05, 3.63) is 82.3 Å². The third kappa shape index (κ3) is 4.67. The summed E-state index contributed by atoms with van der Waals surface area (Å²) in [6.07, 6.45) is 3.07. The van der Waals surface area contributed by atoms with Gasteiger partial charge in [-0.25, -0.2) is 0 Å². The van der Waals surface area contributed by atoms with Crippen LogP contribution < -0.4 is 4.74 Å². The van der Waals surface area contributed by atoms with Crippen molar-refractivity contribution in [2.24, 2.45) is 5.92 Å². The molecule has 166 valence electrons. The number of rotatable bonds is 6. The molecule has 0 spiro atoms. The van der Waals surface area contributed by atoms with Gasteiger partial charge < -0.3 is 14.5 Å². The molecular weight excluding hydrogens is 422 g/mol. The Labute approximate surface area is 192 Å². The van der Waals surface area contributed by atoms with Crippen LogP contribution in [0.15, 0.2) is 66.2 Å². The van der Waals surface area contributed by atoms with E-state index in [1.165, 1.54) is 11.3 Å². The first kappa shape index (κ1) is 22.0. The van der Waals surface area contributed by atoms with Gasteiger partial charge in [-0.05, 0) is 54.1 Å². The van der Waals surface area contributed by atoms with Crippen LogP contribution in [0.4, 0.5) is 0 Å². The molecule has 1 atom stereocenters. The van der Waals surface area contributed by atoms with Gasteiger partial charge in [-0.2, -0.15) is 0 Å². The molecular formula is C25H27N3O3S. The molecule has 3 aromatic rings. The number of aromatic nitrogens is 1. The van der Waals surface area contributed by atoms with Gasteiger partial charge in [-0.15, -0.1) is 11.3 Å². The van der Waals surface area contributed by atoms with Gasteiger partial charge in [-0.3, -0.25) is 14.6 Å². The van der Waals surface area contributed by atoms with Gasteiger partial charge >= 0.3 is 0 Å². The summed E-state index contributed by atoms with van der Waals surface area (Å²) in [7, 11) is 3.47. The summed E-state index contributed by atoms with van der Waals surface area (Å²) in [5, 5.41) is 1.91. The molecule has 0 bridgehead atoms. The summed E-state index contributed by atoms with van der Waals surface area (Å²) in [4.78, 5) is 35.1. The summed E-state index contributed by atoms with van der Waals surface area (Å²) in [5.74, 6) is 0.752. The number of pyridine rings is 1. The highest BCUT2D eigenvalue weighted by Crippen LogP contribution is 2.31. The molecule has 32 heavy (non-hydrogen) atoms. The summed E-state index contributed by atoms with van der Waals surface area (Å²) in [6.45, 7) is 1.18. The first-order valence-corrected chi connectivity index (χ1v) is 11.6. The zero-order valence-corrected chi connectivity index (χ0v) is 19.1. The lowest BCUT2D eigenvalue weighted by atomic mass is 9.93. The van der Waals surface area contributed by atoms with Crippen LogP contribution in [0, 0.1) is 5.92 Å². The second-order valence-corrected chi connectivity index (χ2v) is 8.87. The molecule has 1 aromatic carbocycles. The van der Waals surface area contributed by atoms with Crippen LogP contribution in [0.1, 0.15) is 39.8 Å². The van der Waals surface area contributed by atoms with E-state index in [9.17, 15) is 9.59 Å². The standard InChI is InChI=1S/C25H27N3O3S/c1-27(23(21-9-3-4-13-26-21)19-7-5-8-20(17-19)31-2)24(29)18-11-14-28(15-12-18)25(30)22-10-6-16-32-22/h3-10,13,16-18,23H,11-12,14-15H2,1-2H3. The van der Waals surface area contributed by atoms with Crippen molar-refractivity contribution in [3.63, 3.8) is 0 Å². The summed E-state index contributed by atoms with van der Waals surface area (Å²) < 4.78 is 5.40. The Morgan fingerprint density at radius 1 is 1.12 bits per heavy atom. The molecule has 2 amide bonds. The van der Waals surface area contributed by atoms with E-state index in [0.29, 0.717) is 25.9 Å². The van der Waals surface area contributed by atoms with Crippen LogP contribution in [0.5, 0.6) is 5.75 Å². The average molecular weight is 450 g/mol. The third-order valence-corrected chi connectivity index (χ3v) is 6.83. The van der Waals surface area contributed by atoms with E-state index in [2.05, 4.69) is 4.98 Å². The van der Waals surface area contributed by atoms with Crippen molar-refractivity contribution in [2.75, 3.05) is 27.2 Å². The van der Waals surface area contributed by atoms with Crippen molar-refractivity contribution in [3.8, 4) is 5.75 Å². The number of methoxy groups -OCH3 is 1. The molecule has 6 nitrogen and oxygen atoms in total. The molecule has 3 heterocycles. The highest BCUT2D eigenvalue weighted by Gasteiger charge is 2.33. The minimum absolute atomic E-state index is 0.0574. The van der Waals surface area contributed by atoms with Crippen LogP contribution in [0.2, 0.25) is 0 Å². The lowest BCUT2D eigenvalue weighted by Gasteiger charge is -2.35. The summed E-state index contributed by atoms with van der Waals surface area (Å²) in [5.41, 5.74) is 1.76. The zero-order valence-electron chi connectivity index (χ0n) is 18.3. The molecule has 1 fully saturated rings. The maximum Gasteiger partial charge on any atom is 0.263 e. The zero-order chi connectivity index (χ0) is 22.5. The monoisotopic (exact) mass is 449 g/mol. The van der Waals surface area contributed by atoms with Crippen molar-refractivity contribution in [2.45, 2.75) is 18.9 Å². The summed E-state index contributed by atoms with van der Waals surface area (Å²) >= 11 is 1.46. The number of nitrogens with zero attached hydrogens (tertiary/aromatic N) is 3. The topological polar surface area (TPSA) is 62.7 Å². The fourth-order valence-corrected chi connectivity index (χ4v) is 4.93. The van der Waals surface area contributed by atoms with Crippen LogP contribution in [0.25, 0.3) is 0 Å². The Balaban J connectivity index is 1.50. The Hall–Kier alpha value is -3.19. The van der Waals surface area contributed by atoms with Gasteiger partial charge in [0.25, 0.3) is 5.91 Å². The quantitative estimate of drug-likeness (QED) is 0.564. The van der Waals surface area contributed by atoms with Crippen molar-refractivity contribution in [1.82, 2.24) is 14.8 Å². The Morgan fingerprint density at radius 3 is 2.59 bits per heavy atom. The average Bonchev–Trinajstić information content (AvgIpc) is 3.39. The molecule has 1 aliphatic rings. The molecule has 0 N–H and O–H groups in total. The first-order valence-electron chi connectivity index (χ1n) is 10.7. The molecule has 0 saturated carbocycles. The SMILES string of the molecule is COc1cccc(C(c2ccccn2)N(C)C(=O)C2CCN(C(=O)c3cccs3)CC2)c1. The van der Waals surface area contributed by atoms with Gasteiger partial charge in [-0.1, -0.05) is 24.3 Å². The van der Waals surface area contributed by atoms with E-state index in [1.54, 1.807) is 18.2 Å². The van der Waals surface area contributed by atoms with E-state index in [-0.39, 0.29) is 23.8 Å². The van der Waals surface area contributed by atoms with E-state index >= 15 is 0 Å². The maximum atomic E-state index is 13.5. The summed E-state index contributed by atoms with van der Waals surface area (Å²) in [6, 6.07) is 16.9. The largest absolute Gasteiger partial charge is 0.497 e. The Morgan fingerprint density at radius 2 is 1.94 bits per heavy atom. The van der Waals surface area contributed by atoms with Crippen molar-refractivity contribution in [1.29, 1.82) is 0 Å². The molecule has 1 unspecified atom stereocenters. The van der Waals surface area contributed by atoms with Crippen LogP contribution in [-0.2, 0) is 4.79 Å². The second-order valence-electron chi connectivity index (χ2n) is 7.93. The molecule has 4 rings (SSSR count). The third-order valence-electron chi connectivity index (χ3n) is 5.98. The van der Waals surface area contributed by atoms with Crippen molar-refractivity contribution >= 4 is 23.2 Å². The lowest BCUT2D eigenvalue weighted by molar-refractivity contribution is -0.137. The van der Waals surface area contributed by atoms with Gasteiger partial charge in [0.1, 0.15) is 5.75 Å².